The zero-order valence-corrected chi connectivity index (χ0v) is 15.5. The van der Waals surface area contributed by atoms with Crippen LogP contribution in [0.5, 0.6) is 5.75 Å². The molecule has 3 aliphatic heterocycles. The normalized spacial score (nSPS) is 24.6. The molecule has 5 rings (SSSR count). The summed E-state index contributed by atoms with van der Waals surface area (Å²) in [5, 5.41) is 4.38. The van der Waals surface area contributed by atoms with E-state index in [-0.39, 0.29) is 12.4 Å². The van der Waals surface area contributed by atoms with Gasteiger partial charge in [-0.1, -0.05) is 29.8 Å². The van der Waals surface area contributed by atoms with Crippen LogP contribution in [0.15, 0.2) is 42.5 Å². The van der Waals surface area contributed by atoms with Crippen LogP contribution in [0.2, 0.25) is 5.02 Å². The maximum Gasteiger partial charge on any atom is 0.129 e. The van der Waals surface area contributed by atoms with E-state index in [1.54, 1.807) is 12.1 Å². The Bertz CT molecular complexity index is 761. The number of ether oxygens (including phenoxy) is 1. The Kier molecular flexibility index (Phi) is 5.44. The zero-order chi connectivity index (χ0) is 17.9. The van der Waals surface area contributed by atoms with Gasteiger partial charge in [0.05, 0.1) is 0 Å². The molecule has 3 saturated heterocycles. The topological polar surface area (TPSA) is 24.5 Å². The van der Waals surface area contributed by atoms with E-state index in [1.807, 2.05) is 24.3 Å². The van der Waals surface area contributed by atoms with Crippen molar-refractivity contribution in [2.24, 2.45) is 5.92 Å². The van der Waals surface area contributed by atoms with Gasteiger partial charge >= 0.3 is 0 Å². The minimum Gasteiger partial charge on any atom is -0.488 e. The maximum absolute atomic E-state index is 13.8. The fourth-order valence-corrected chi connectivity index (χ4v) is 4.23. The van der Waals surface area contributed by atoms with Crippen LogP contribution >= 0.6 is 11.6 Å². The molecular formula is C21H24ClFN2O. The highest BCUT2D eigenvalue weighted by atomic mass is 35.5. The maximum atomic E-state index is 13.8. The quantitative estimate of drug-likeness (QED) is 0.818. The molecule has 3 nitrogen and oxygen atoms in total. The largest absolute Gasteiger partial charge is 0.488 e. The Labute approximate surface area is 159 Å². The summed E-state index contributed by atoms with van der Waals surface area (Å²) in [6, 6.07) is 12.9. The number of fused-ring (bicyclic) bond motifs is 3. The summed E-state index contributed by atoms with van der Waals surface area (Å²) in [5.41, 5.74) is 1.57. The number of halogens is 2. The summed E-state index contributed by atoms with van der Waals surface area (Å²) in [6.07, 6.45) is 2.56. The minimum atomic E-state index is -0.242. The average Bonchev–Trinajstić information content (AvgIpc) is 2.68. The zero-order valence-electron chi connectivity index (χ0n) is 14.8. The summed E-state index contributed by atoms with van der Waals surface area (Å²) in [5.74, 6) is 1.28. The van der Waals surface area contributed by atoms with Crippen molar-refractivity contribution in [3.8, 4) is 5.75 Å². The predicted octanol–water partition coefficient (Wildman–Crippen LogP) is 4.24. The van der Waals surface area contributed by atoms with Crippen molar-refractivity contribution >= 4 is 11.6 Å². The number of piperidine rings is 3. The summed E-state index contributed by atoms with van der Waals surface area (Å²) >= 11 is 6.19. The van der Waals surface area contributed by atoms with Crippen LogP contribution < -0.4 is 10.1 Å². The van der Waals surface area contributed by atoms with Crippen LogP contribution in [0, 0.1) is 11.7 Å². The lowest BCUT2D eigenvalue weighted by Gasteiger charge is -2.45. The van der Waals surface area contributed by atoms with Crippen molar-refractivity contribution in [1.82, 2.24) is 10.2 Å². The van der Waals surface area contributed by atoms with Crippen molar-refractivity contribution in [1.29, 1.82) is 0 Å². The van der Waals surface area contributed by atoms with E-state index in [0.29, 0.717) is 23.2 Å². The molecule has 2 aromatic rings. The fourth-order valence-electron chi connectivity index (χ4n) is 4.04. The molecule has 0 radical (unpaired) electrons. The molecule has 3 heterocycles. The molecule has 0 spiro atoms. The minimum absolute atomic E-state index is 0.209. The summed E-state index contributed by atoms with van der Waals surface area (Å²) in [7, 11) is 0. The van der Waals surface area contributed by atoms with E-state index in [9.17, 15) is 4.39 Å². The summed E-state index contributed by atoms with van der Waals surface area (Å²) in [6.45, 7) is 4.51. The van der Waals surface area contributed by atoms with Crippen molar-refractivity contribution < 1.29 is 9.13 Å². The molecule has 1 atom stereocenters. The molecule has 3 fully saturated rings. The third kappa shape index (κ3) is 4.03. The summed E-state index contributed by atoms with van der Waals surface area (Å²) in [4.78, 5) is 2.53. The Morgan fingerprint density at radius 3 is 2.65 bits per heavy atom. The molecule has 26 heavy (non-hydrogen) atoms. The highest BCUT2D eigenvalue weighted by Gasteiger charge is 2.33. The van der Waals surface area contributed by atoms with E-state index in [1.165, 1.54) is 32.0 Å². The van der Waals surface area contributed by atoms with Gasteiger partial charge in [-0.2, -0.15) is 0 Å². The molecule has 138 valence electrons. The third-order valence-electron chi connectivity index (χ3n) is 5.57. The predicted molar refractivity (Wildman–Crippen MR) is 102 cm³/mol. The molecule has 1 unspecified atom stereocenters. The lowest BCUT2D eigenvalue weighted by Crippen LogP contribution is -2.55. The van der Waals surface area contributed by atoms with Crippen molar-refractivity contribution in [2.75, 3.05) is 19.6 Å². The van der Waals surface area contributed by atoms with Gasteiger partial charge in [-0.3, -0.25) is 0 Å². The van der Waals surface area contributed by atoms with E-state index < -0.39 is 0 Å². The van der Waals surface area contributed by atoms with Crippen LogP contribution in [-0.4, -0.2) is 30.6 Å². The average molecular weight is 375 g/mol. The van der Waals surface area contributed by atoms with Gasteiger partial charge in [-0.15, -0.1) is 0 Å². The molecule has 0 aromatic heterocycles. The van der Waals surface area contributed by atoms with Gasteiger partial charge in [0.2, 0.25) is 0 Å². The highest BCUT2D eigenvalue weighted by Crippen LogP contribution is 2.29. The number of nitrogens with zero attached hydrogens (tertiary/aromatic N) is 1. The number of rotatable bonds is 6. The smallest absolute Gasteiger partial charge is 0.129 e. The van der Waals surface area contributed by atoms with Gasteiger partial charge < -0.3 is 15.0 Å². The first-order valence-electron chi connectivity index (χ1n) is 9.29. The Balaban J connectivity index is 1.42. The molecule has 2 bridgehead atoms. The van der Waals surface area contributed by atoms with Crippen LogP contribution in [-0.2, 0) is 13.2 Å². The second kappa shape index (κ2) is 7.95. The van der Waals surface area contributed by atoms with Crippen LogP contribution in [0.4, 0.5) is 4.39 Å². The second-order valence-electron chi connectivity index (χ2n) is 7.26. The second-order valence-corrected chi connectivity index (χ2v) is 7.69. The first-order chi connectivity index (χ1) is 12.7. The van der Waals surface area contributed by atoms with Crippen molar-refractivity contribution in [2.45, 2.75) is 32.0 Å². The van der Waals surface area contributed by atoms with E-state index in [4.69, 9.17) is 16.3 Å². The van der Waals surface area contributed by atoms with Gasteiger partial charge in [0, 0.05) is 35.3 Å². The Hall–Kier alpha value is -1.62. The lowest BCUT2D eigenvalue weighted by atomic mass is 9.84. The van der Waals surface area contributed by atoms with Crippen molar-refractivity contribution in [3.05, 3.63) is 64.4 Å². The van der Waals surface area contributed by atoms with Crippen molar-refractivity contribution in [3.63, 3.8) is 0 Å². The highest BCUT2D eigenvalue weighted by molar-refractivity contribution is 6.30. The lowest BCUT2D eigenvalue weighted by molar-refractivity contribution is 0.0718. The molecule has 5 heteroatoms. The molecular weight excluding hydrogens is 351 g/mol. The number of hydrogen-bond donors (Lipinski definition) is 1. The SMILES string of the molecule is Fc1ccccc1COc1ccc(Cl)cc1CNC1CN2CCC1CC2. The van der Waals surface area contributed by atoms with E-state index in [2.05, 4.69) is 10.2 Å². The van der Waals surface area contributed by atoms with E-state index >= 15 is 0 Å². The Morgan fingerprint density at radius 2 is 1.92 bits per heavy atom. The molecule has 0 amide bonds. The molecule has 0 aliphatic carbocycles. The van der Waals surface area contributed by atoms with Crippen LogP contribution in [0.25, 0.3) is 0 Å². The molecule has 3 aliphatic rings. The standard InChI is InChI=1S/C21H24ClFN2O/c22-18-5-6-21(26-14-16-3-1-2-4-19(16)23)17(11-18)12-24-20-13-25-9-7-15(20)8-10-25/h1-6,11,15,20,24H,7-10,12-14H2. The molecule has 0 saturated carbocycles. The van der Waals surface area contributed by atoms with E-state index in [0.717, 1.165) is 23.8 Å². The van der Waals surface area contributed by atoms with Gasteiger partial charge in [-0.05, 0) is 56.1 Å². The molecule has 2 aromatic carbocycles. The monoisotopic (exact) mass is 374 g/mol. The van der Waals surface area contributed by atoms with Gasteiger partial charge in [0.15, 0.2) is 0 Å². The number of hydrogen-bond acceptors (Lipinski definition) is 3. The first-order valence-corrected chi connectivity index (χ1v) is 9.67. The number of nitrogens with one attached hydrogen (secondary N) is 1. The van der Waals surface area contributed by atoms with Crippen LogP contribution in [0.3, 0.4) is 0 Å². The summed E-state index contributed by atoms with van der Waals surface area (Å²) < 4.78 is 19.7. The number of benzene rings is 2. The van der Waals surface area contributed by atoms with Gasteiger partial charge in [-0.25, -0.2) is 4.39 Å². The van der Waals surface area contributed by atoms with Gasteiger partial charge in [0.25, 0.3) is 0 Å². The Morgan fingerprint density at radius 1 is 1.12 bits per heavy atom. The first kappa shape index (κ1) is 17.8. The fraction of sp³-hybridized carbons (Fsp3) is 0.429. The third-order valence-corrected chi connectivity index (χ3v) is 5.81. The van der Waals surface area contributed by atoms with Crippen LogP contribution in [0.1, 0.15) is 24.0 Å². The molecule has 1 N–H and O–H groups in total. The van der Waals surface area contributed by atoms with Gasteiger partial charge in [0.1, 0.15) is 18.2 Å².